The van der Waals surface area contributed by atoms with Crippen LogP contribution in [0.4, 0.5) is 0 Å². The van der Waals surface area contributed by atoms with E-state index in [0.29, 0.717) is 5.92 Å². The van der Waals surface area contributed by atoms with Crippen LogP contribution in [0, 0.1) is 18.8 Å². The molecule has 0 spiro atoms. The second kappa shape index (κ2) is 5.86. The number of aromatic nitrogens is 2. The van der Waals surface area contributed by atoms with E-state index in [1.807, 2.05) is 0 Å². The Hall–Kier alpha value is -0.870. The van der Waals surface area contributed by atoms with E-state index >= 15 is 0 Å². The molecule has 2 N–H and O–H groups in total. The van der Waals surface area contributed by atoms with Gasteiger partial charge in [-0.05, 0) is 62.4 Å². The summed E-state index contributed by atoms with van der Waals surface area (Å²) in [7, 11) is 0. The molecule has 0 amide bonds. The zero-order valence-corrected chi connectivity index (χ0v) is 13.8. The summed E-state index contributed by atoms with van der Waals surface area (Å²) in [4.78, 5) is 8.28. The lowest BCUT2D eigenvalue weighted by molar-refractivity contribution is 0.276. The number of nitrogens with one attached hydrogen (secondary N) is 2. The van der Waals surface area contributed by atoms with Crippen LogP contribution in [-0.4, -0.2) is 23.1 Å². The minimum atomic E-state index is 0.673. The number of hydrogen-bond donors (Lipinski definition) is 2. The summed E-state index contributed by atoms with van der Waals surface area (Å²) in [5, 5.41) is 3.51. The summed E-state index contributed by atoms with van der Waals surface area (Å²) in [6, 6.07) is 4.24. The molecule has 3 nitrogen and oxygen atoms in total. The number of aromatic amines is 1. The molecule has 2 aromatic rings. The van der Waals surface area contributed by atoms with Crippen LogP contribution in [0.2, 0.25) is 0 Å². The predicted molar refractivity (Wildman–Crippen MR) is 87.0 cm³/mol. The number of H-pyrrole nitrogens is 1. The molecule has 20 heavy (non-hydrogen) atoms. The van der Waals surface area contributed by atoms with Crippen LogP contribution in [0.1, 0.15) is 31.2 Å². The quantitative estimate of drug-likeness (QED) is 0.895. The van der Waals surface area contributed by atoms with Gasteiger partial charge in [0, 0.05) is 10.9 Å². The Labute approximate surface area is 128 Å². The largest absolute Gasteiger partial charge is 0.342 e. The van der Waals surface area contributed by atoms with Gasteiger partial charge in [-0.3, -0.25) is 0 Å². The molecule has 1 aromatic heterocycles. The fourth-order valence-corrected chi connectivity index (χ4v) is 3.80. The third-order valence-corrected chi connectivity index (χ3v) is 4.90. The fraction of sp³-hybridized carbons (Fsp3) is 0.562. The smallest absolute Gasteiger partial charge is 0.107 e. The van der Waals surface area contributed by atoms with Gasteiger partial charge in [-0.15, -0.1) is 0 Å². The van der Waals surface area contributed by atoms with Gasteiger partial charge < -0.3 is 10.3 Å². The highest BCUT2D eigenvalue weighted by Gasteiger charge is 2.21. The van der Waals surface area contributed by atoms with E-state index in [-0.39, 0.29) is 0 Å². The fourth-order valence-electron chi connectivity index (χ4n) is 3.23. The van der Waals surface area contributed by atoms with E-state index in [2.05, 4.69) is 52.2 Å². The van der Waals surface area contributed by atoms with Crippen LogP contribution in [0.15, 0.2) is 16.6 Å². The number of aryl methyl sites for hydroxylation is 1. The van der Waals surface area contributed by atoms with E-state index in [0.717, 1.165) is 40.2 Å². The summed E-state index contributed by atoms with van der Waals surface area (Å²) >= 11 is 3.55. The van der Waals surface area contributed by atoms with Gasteiger partial charge in [-0.1, -0.05) is 22.9 Å². The maximum absolute atomic E-state index is 4.79. The molecule has 0 radical (unpaired) electrons. The molecule has 108 valence electrons. The minimum absolute atomic E-state index is 0.673. The molecule has 2 unspecified atom stereocenters. The van der Waals surface area contributed by atoms with Crippen molar-refractivity contribution in [3.63, 3.8) is 0 Å². The van der Waals surface area contributed by atoms with Gasteiger partial charge >= 0.3 is 0 Å². The molecule has 2 heterocycles. The molecule has 0 saturated carbocycles. The van der Waals surface area contributed by atoms with Crippen molar-refractivity contribution in [1.82, 2.24) is 15.3 Å². The first-order chi connectivity index (χ1) is 9.63. The Morgan fingerprint density at radius 3 is 3.05 bits per heavy atom. The highest BCUT2D eigenvalue weighted by molar-refractivity contribution is 9.10. The maximum Gasteiger partial charge on any atom is 0.107 e. The number of benzene rings is 1. The lowest BCUT2D eigenvalue weighted by Gasteiger charge is -2.27. The summed E-state index contributed by atoms with van der Waals surface area (Å²) in [6.45, 7) is 6.81. The number of piperidine rings is 1. The SMILES string of the molecule is Cc1cc(Br)cc2[nH]c(CC(C)C3CCCNC3)nc12. The van der Waals surface area contributed by atoms with Gasteiger partial charge in [0.25, 0.3) is 0 Å². The lowest BCUT2D eigenvalue weighted by atomic mass is 9.85. The zero-order valence-electron chi connectivity index (χ0n) is 12.2. The van der Waals surface area contributed by atoms with Crippen LogP contribution in [-0.2, 0) is 6.42 Å². The molecule has 1 aliphatic heterocycles. The average molecular weight is 336 g/mol. The van der Waals surface area contributed by atoms with Crippen molar-refractivity contribution in [2.24, 2.45) is 11.8 Å². The number of rotatable bonds is 3. The first-order valence-corrected chi connectivity index (χ1v) is 8.28. The van der Waals surface area contributed by atoms with Crippen molar-refractivity contribution in [2.45, 2.75) is 33.1 Å². The van der Waals surface area contributed by atoms with Crippen LogP contribution in [0.25, 0.3) is 11.0 Å². The number of fused-ring (bicyclic) bond motifs is 1. The zero-order chi connectivity index (χ0) is 14.1. The standard InChI is InChI=1S/C16H22BrN3/c1-10(12-4-3-5-18-9-12)7-15-19-14-8-13(17)6-11(2)16(14)20-15/h6,8,10,12,18H,3-5,7,9H2,1-2H3,(H,19,20). The van der Waals surface area contributed by atoms with Gasteiger partial charge in [0.05, 0.1) is 11.0 Å². The summed E-state index contributed by atoms with van der Waals surface area (Å²) < 4.78 is 1.11. The number of halogens is 1. The molecule has 0 bridgehead atoms. The second-order valence-corrected chi connectivity index (χ2v) is 7.01. The Balaban J connectivity index is 1.78. The van der Waals surface area contributed by atoms with Crippen molar-refractivity contribution in [3.05, 3.63) is 28.0 Å². The number of hydrogen-bond acceptors (Lipinski definition) is 2. The molecule has 1 aromatic carbocycles. The van der Waals surface area contributed by atoms with Crippen LogP contribution < -0.4 is 5.32 Å². The minimum Gasteiger partial charge on any atom is -0.342 e. The Morgan fingerprint density at radius 2 is 2.30 bits per heavy atom. The van der Waals surface area contributed by atoms with Gasteiger partial charge in [-0.2, -0.15) is 0 Å². The highest BCUT2D eigenvalue weighted by atomic mass is 79.9. The first kappa shape index (κ1) is 14.1. The van der Waals surface area contributed by atoms with E-state index in [1.54, 1.807) is 0 Å². The van der Waals surface area contributed by atoms with Crippen LogP contribution in [0.3, 0.4) is 0 Å². The predicted octanol–water partition coefficient (Wildman–Crippen LogP) is 3.81. The highest BCUT2D eigenvalue weighted by Crippen LogP contribution is 2.26. The summed E-state index contributed by atoms with van der Waals surface area (Å²) in [5.41, 5.74) is 3.47. The molecular weight excluding hydrogens is 314 g/mol. The molecular formula is C16H22BrN3. The molecule has 0 aliphatic carbocycles. The van der Waals surface area contributed by atoms with Crippen molar-refractivity contribution in [1.29, 1.82) is 0 Å². The lowest BCUT2D eigenvalue weighted by Crippen LogP contribution is -2.34. The summed E-state index contributed by atoms with van der Waals surface area (Å²) in [5.74, 6) is 2.58. The average Bonchev–Trinajstić information content (AvgIpc) is 2.82. The maximum atomic E-state index is 4.79. The monoisotopic (exact) mass is 335 g/mol. The Kier molecular flexibility index (Phi) is 4.13. The van der Waals surface area contributed by atoms with E-state index in [1.165, 1.54) is 24.9 Å². The normalized spacial score (nSPS) is 21.2. The number of imidazole rings is 1. The van der Waals surface area contributed by atoms with Crippen LogP contribution in [0.5, 0.6) is 0 Å². The topological polar surface area (TPSA) is 40.7 Å². The molecule has 4 heteroatoms. The molecule has 1 saturated heterocycles. The van der Waals surface area contributed by atoms with Gasteiger partial charge in [0.1, 0.15) is 5.82 Å². The van der Waals surface area contributed by atoms with Gasteiger partial charge in [0.2, 0.25) is 0 Å². The molecule has 3 rings (SSSR count). The van der Waals surface area contributed by atoms with Gasteiger partial charge in [-0.25, -0.2) is 4.98 Å². The third-order valence-electron chi connectivity index (χ3n) is 4.45. The first-order valence-electron chi connectivity index (χ1n) is 7.49. The van der Waals surface area contributed by atoms with Crippen molar-refractivity contribution >= 4 is 27.0 Å². The molecule has 1 fully saturated rings. The third kappa shape index (κ3) is 2.91. The Bertz CT molecular complexity index is 599. The van der Waals surface area contributed by atoms with E-state index in [9.17, 15) is 0 Å². The Morgan fingerprint density at radius 1 is 1.45 bits per heavy atom. The second-order valence-electron chi connectivity index (χ2n) is 6.09. The van der Waals surface area contributed by atoms with E-state index < -0.39 is 0 Å². The molecule has 2 atom stereocenters. The molecule has 1 aliphatic rings. The van der Waals surface area contributed by atoms with Crippen LogP contribution >= 0.6 is 15.9 Å². The van der Waals surface area contributed by atoms with E-state index in [4.69, 9.17) is 4.98 Å². The van der Waals surface area contributed by atoms with Gasteiger partial charge in [0.15, 0.2) is 0 Å². The van der Waals surface area contributed by atoms with Crippen molar-refractivity contribution < 1.29 is 0 Å². The van der Waals surface area contributed by atoms with Crippen molar-refractivity contribution in [2.75, 3.05) is 13.1 Å². The van der Waals surface area contributed by atoms with Crippen molar-refractivity contribution in [3.8, 4) is 0 Å². The number of nitrogens with zero attached hydrogens (tertiary/aromatic N) is 1. The summed E-state index contributed by atoms with van der Waals surface area (Å²) in [6.07, 6.45) is 3.69.